The van der Waals surface area contributed by atoms with Gasteiger partial charge in [0.15, 0.2) is 0 Å². The average Bonchev–Trinajstić information content (AvgIpc) is 2.78. The molecule has 30 heavy (non-hydrogen) atoms. The summed E-state index contributed by atoms with van der Waals surface area (Å²) >= 11 is 0. The fourth-order valence-corrected chi connectivity index (χ4v) is 3.87. The van der Waals surface area contributed by atoms with Crippen LogP contribution in [0.25, 0.3) is 0 Å². The van der Waals surface area contributed by atoms with Crippen molar-refractivity contribution in [2.45, 2.75) is 65.2 Å². The third-order valence-electron chi connectivity index (χ3n) is 5.52. The van der Waals surface area contributed by atoms with Gasteiger partial charge in [0.25, 0.3) is 0 Å². The molecule has 0 bridgehead atoms. The van der Waals surface area contributed by atoms with Gasteiger partial charge in [0.05, 0.1) is 0 Å². The van der Waals surface area contributed by atoms with Crippen molar-refractivity contribution in [2.75, 3.05) is 0 Å². The fraction of sp³-hybridized carbons (Fsp3) is 0.333. The van der Waals surface area contributed by atoms with E-state index in [-0.39, 0.29) is 0 Å². The first kappa shape index (κ1) is 21.9. The van der Waals surface area contributed by atoms with Gasteiger partial charge in [0, 0.05) is 12.0 Å². The minimum absolute atomic E-state index is 0.945. The lowest BCUT2D eigenvalue weighted by Crippen LogP contribution is -2.02. The summed E-state index contributed by atoms with van der Waals surface area (Å²) in [5.74, 6) is 7.05. The highest BCUT2D eigenvalue weighted by Crippen LogP contribution is 2.24. The smallest absolute Gasteiger partial charge is 0.0312 e. The lowest BCUT2D eigenvalue weighted by atomic mass is 9.89. The Morgan fingerprint density at radius 3 is 1.87 bits per heavy atom. The number of benzene rings is 3. The van der Waals surface area contributed by atoms with Crippen molar-refractivity contribution in [1.29, 1.82) is 0 Å². The Kier molecular flexibility index (Phi) is 8.80. The maximum atomic E-state index is 3.59. The molecule has 154 valence electrons. The molecule has 0 heterocycles. The lowest BCUT2D eigenvalue weighted by Gasteiger charge is -2.15. The zero-order valence-corrected chi connectivity index (χ0v) is 18.6. The van der Waals surface area contributed by atoms with Gasteiger partial charge >= 0.3 is 0 Å². The molecule has 0 N–H and O–H groups in total. The summed E-state index contributed by atoms with van der Waals surface area (Å²) in [6.45, 7) is 4.50. The molecule has 0 unspecified atom stereocenters. The monoisotopic (exact) mass is 394 g/mol. The highest BCUT2D eigenvalue weighted by atomic mass is 14.1. The van der Waals surface area contributed by atoms with Crippen LogP contribution in [0.4, 0.5) is 0 Å². The molecule has 0 saturated carbocycles. The molecule has 3 aromatic rings. The van der Waals surface area contributed by atoms with Crippen LogP contribution in [0, 0.1) is 11.8 Å². The molecule has 0 aliphatic heterocycles. The summed E-state index contributed by atoms with van der Waals surface area (Å²) < 4.78 is 0. The van der Waals surface area contributed by atoms with Gasteiger partial charge in [-0.25, -0.2) is 0 Å². The molecule has 0 heteroatoms. The first-order chi connectivity index (χ1) is 14.8. The second kappa shape index (κ2) is 12.0. The molecule has 3 aromatic carbocycles. The zero-order valence-electron chi connectivity index (χ0n) is 18.6. The number of hydrogen-bond acceptors (Lipinski definition) is 0. The normalized spacial score (nSPS) is 10.5. The topological polar surface area (TPSA) is 0 Å². The largest absolute Gasteiger partial charge is 0.0979 e. The summed E-state index contributed by atoms with van der Waals surface area (Å²) in [6, 6.07) is 26.4. The van der Waals surface area contributed by atoms with Crippen LogP contribution in [0.15, 0.2) is 72.8 Å². The van der Waals surface area contributed by atoms with E-state index in [1.54, 1.807) is 0 Å². The van der Waals surface area contributed by atoms with Crippen molar-refractivity contribution in [2.24, 2.45) is 0 Å². The SMILES string of the molecule is CCCCC#Cc1c(CCCC)cc(Cc2ccccc2)cc1Cc1ccccc1. The molecule has 0 fully saturated rings. The van der Waals surface area contributed by atoms with Crippen LogP contribution in [0.3, 0.4) is 0 Å². The van der Waals surface area contributed by atoms with Gasteiger partial charge < -0.3 is 0 Å². The Morgan fingerprint density at radius 2 is 1.23 bits per heavy atom. The molecule has 3 rings (SSSR count). The van der Waals surface area contributed by atoms with Crippen molar-refractivity contribution >= 4 is 0 Å². The molecule has 0 saturated heterocycles. The standard InChI is InChI=1S/C30H34/c1-3-5-7-14-20-30-28(19-6-4-2)23-27(21-25-15-10-8-11-16-25)24-29(30)22-26-17-12-9-13-18-26/h8-13,15-18,23-24H,3-7,19,21-22H2,1-2H3. The first-order valence-corrected chi connectivity index (χ1v) is 11.5. The maximum absolute atomic E-state index is 3.59. The molecule has 0 aromatic heterocycles. The number of rotatable bonds is 9. The van der Waals surface area contributed by atoms with E-state index in [0.717, 1.165) is 25.7 Å². The predicted octanol–water partition coefficient (Wildman–Crippen LogP) is 7.75. The quantitative estimate of drug-likeness (QED) is 0.257. The van der Waals surface area contributed by atoms with Crippen molar-refractivity contribution in [3.8, 4) is 11.8 Å². The molecular formula is C30H34. The van der Waals surface area contributed by atoms with E-state index < -0.39 is 0 Å². The second-order valence-electron chi connectivity index (χ2n) is 8.12. The molecular weight excluding hydrogens is 360 g/mol. The molecule has 0 aliphatic carbocycles. The molecule has 0 amide bonds. The summed E-state index contributed by atoms with van der Waals surface area (Å²) in [5, 5.41) is 0. The maximum Gasteiger partial charge on any atom is 0.0312 e. The van der Waals surface area contributed by atoms with E-state index in [0.29, 0.717) is 0 Å². The predicted molar refractivity (Wildman–Crippen MR) is 130 cm³/mol. The molecule has 0 nitrogen and oxygen atoms in total. The summed E-state index contributed by atoms with van der Waals surface area (Å²) in [5.41, 5.74) is 8.21. The Morgan fingerprint density at radius 1 is 0.633 bits per heavy atom. The van der Waals surface area contributed by atoms with E-state index in [9.17, 15) is 0 Å². The number of unbranched alkanes of at least 4 members (excludes halogenated alkanes) is 3. The summed E-state index contributed by atoms with van der Waals surface area (Å²) in [4.78, 5) is 0. The van der Waals surface area contributed by atoms with Crippen LogP contribution in [0.5, 0.6) is 0 Å². The molecule has 0 spiro atoms. The molecule has 0 atom stereocenters. The number of hydrogen-bond donors (Lipinski definition) is 0. The Balaban J connectivity index is 2.01. The summed E-state index contributed by atoms with van der Waals surface area (Å²) in [6.07, 6.45) is 8.81. The molecule has 0 aliphatic rings. The van der Waals surface area contributed by atoms with Gasteiger partial charge in [-0.1, -0.05) is 111 Å². The van der Waals surface area contributed by atoms with Crippen molar-refractivity contribution in [3.63, 3.8) is 0 Å². The third-order valence-corrected chi connectivity index (χ3v) is 5.52. The second-order valence-corrected chi connectivity index (χ2v) is 8.12. The average molecular weight is 395 g/mol. The highest BCUT2D eigenvalue weighted by Gasteiger charge is 2.11. The summed E-state index contributed by atoms with van der Waals surface area (Å²) in [7, 11) is 0. The van der Waals surface area contributed by atoms with Gasteiger partial charge in [0.1, 0.15) is 0 Å². The van der Waals surface area contributed by atoms with Gasteiger partial charge in [-0.3, -0.25) is 0 Å². The van der Waals surface area contributed by atoms with Gasteiger partial charge in [-0.05, 0) is 59.9 Å². The van der Waals surface area contributed by atoms with Crippen molar-refractivity contribution < 1.29 is 0 Å². The van der Waals surface area contributed by atoms with Crippen LogP contribution in [0.2, 0.25) is 0 Å². The van der Waals surface area contributed by atoms with Crippen LogP contribution in [0.1, 0.15) is 79.3 Å². The molecule has 0 radical (unpaired) electrons. The lowest BCUT2D eigenvalue weighted by molar-refractivity contribution is 0.791. The van der Waals surface area contributed by atoms with E-state index >= 15 is 0 Å². The van der Waals surface area contributed by atoms with Gasteiger partial charge in [-0.2, -0.15) is 0 Å². The Hall–Kier alpha value is -2.78. The minimum Gasteiger partial charge on any atom is -0.0979 e. The van der Waals surface area contributed by atoms with E-state index in [4.69, 9.17) is 0 Å². The van der Waals surface area contributed by atoms with Gasteiger partial charge in [0.2, 0.25) is 0 Å². The van der Waals surface area contributed by atoms with Crippen LogP contribution in [-0.2, 0) is 19.3 Å². The van der Waals surface area contributed by atoms with Crippen LogP contribution in [-0.4, -0.2) is 0 Å². The fourth-order valence-electron chi connectivity index (χ4n) is 3.87. The zero-order chi connectivity index (χ0) is 21.0. The van der Waals surface area contributed by atoms with Gasteiger partial charge in [-0.15, -0.1) is 0 Å². The van der Waals surface area contributed by atoms with Crippen LogP contribution < -0.4 is 0 Å². The minimum atomic E-state index is 0.945. The first-order valence-electron chi connectivity index (χ1n) is 11.5. The highest BCUT2D eigenvalue weighted by molar-refractivity contribution is 5.52. The van der Waals surface area contributed by atoms with E-state index in [2.05, 4.69) is 98.5 Å². The number of aryl methyl sites for hydroxylation is 1. The van der Waals surface area contributed by atoms with Crippen LogP contribution >= 0.6 is 0 Å². The van der Waals surface area contributed by atoms with E-state index in [1.807, 2.05) is 0 Å². The Labute approximate surface area is 183 Å². The van der Waals surface area contributed by atoms with Crippen molar-refractivity contribution in [1.82, 2.24) is 0 Å². The van der Waals surface area contributed by atoms with E-state index in [1.165, 1.54) is 59.1 Å². The Bertz CT molecular complexity index is 955. The third kappa shape index (κ3) is 6.64. The van der Waals surface area contributed by atoms with Crippen molar-refractivity contribution in [3.05, 3.63) is 106 Å².